The van der Waals surface area contributed by atoms with Gasteiger partial charge in [0.25, 0.3) is 0 Å². The quantitative estimate of drug-likeness (QED) is 0.124. The number of likely N-dealkylation sites (N-methyl/N-ethyl adjacent to an activating group) is 1. The van der Waals surface area contributed by atoms with Gasteiger partial charge in [-0.25, -0.2) is 0 Å². The highest BCUT2D eigenvalue weighted by molar-refractivity contribution is 5.94. The zero-order chi connectivity index (χ0) is 35.6. The average molecular weight is 671 g/mol. The summed E-state index contributed by atoms with van der Waals surface area (Å²) in [5.74, 6) is -1.81. The molecule has 0 heterocycles. The van der Waals surface area contributed by atoms with Crippen LogP contribution >= 0.6 is 0 Å². The van der Waals surface area contributed by atoms with Crippen molar-refractivity contribution in [2.24, 2.45) is 0 Å². The van der Waals surface area contributed by atoms with Crippen molar-refractivity contribution in [3.8, 4) is 11.1 Å². The zero-order valence-electron chi connectivity index (χ0n) is 29.0. The third kappa shape index (κ3) is 14.0. The highest BCUT2D eigenvalue weighted by Gasteiger charge is 2.27. The van der Waals surface area contributed by atoms with Crippen molar-refractivity contribution in [3.63, 3.8) is 0 Å². The first-order valence-electron chi connectivity index (χ1n) is 16.8. The summed E-state index contributed by atoms with van der Waals surface area (Å²) in [5.41, 5.74) is 4.58. The first kappa shape index (κ1) is 38.6. The van der Waals surface area contributed by atoms with Crippen LogP contribution in [0.2, 0.25) is 0 Å². The Balaban J connectivity index is 1.59. The number of amides is 4. The second-order valence-corrected chi connectivity index (χ2v) is 12.2. The zero-order valence-corrected chi connectivity index (χ0v) is 29.0. The van der Waals surface area contributed by atoms with Gasteiger partial charge in [-0.2, -0.15) is 0 Å². The van der Waals surface area contributed by atoms with Gasteiger partial charge < -0.3 is 26.6 Å². The van der Waals surface area contributed by atoms with E-state index in [0.29, 0.717) is 13.1 Å². The van der Waals surface area contributed by atoms with Gasteiger partial charge in [0.05, 0.1) is 6.54 Å². The number of carbonyl (C=O) groups is 5. The molecule has 0 saturated heterocycles. The molecule has 3 aromatic rings. The van der Waals surface area contributed by atoms with Crippen LogP contribution in [-0.2, 0) is 43.5 Å². The lowest BCUT2D eigenvalue weighted by molar-refractivity contribution is -0.133. The van der Waals surface area contributed by atoms with E-state index in [1.165, 1.54) is 13.8 Å². The fourth-order valence-corrected chi connectivity index (χ4v) is 5.40. The molecule has 0 fully saturated rings. The predicted octanol–water partition coefficient (Wildman–Crippen LogP) is 2.73. The maximum Gasteiger partial charge on any atom is 0.243 e. The third-order valence-electron chi connectivity index (χ3n) is 7.85. The molecule has 3 aromatic carbocycles. The molecule has 11 heteroatoms. The number of benzene rings is 3. The summed E-state index contributed by atoms with van der Waals surface area (Å²) < 4.78 is 0. The van der Waals surface area contributed by atoms with Gasteiger partial charge >= 0.3 is 0 Å². The maximum absolute atomic E-state index is 13.4. The predicted molar refractivity (Wildman–Crippen MR) is 191 cm³/mol. The molecule has 0 bridgehead atoms. The summed E-state index contributed by atoms with van der Waals surface area (Å²) >= 11 is 0. The maximum atomic E-state index is 13.4. The summed E-state index contributed by atoms with van der Waals surface area (Å²) in [4.78, 5) is 65.5. The number of hydrogen-bond donors (Lipinski definition) is 5. The van der Waals surface area contributed by atoms with Gasteiger partial charge in [-0.3, -0.25) is 28.9 Å². The number of ketones is 1. The second-order valence-electron chi connectivity index (χ2n) is 12.2. The molecule has 0 aliphatic carbocycles. The molecule has 262 valence electrons. The Morgan fingerprint density at radius 2 is 1.35 bits per heavy atom. The molecule has 2 unspecified atom stereocenters. The summed E-state index contributed by atoms with van der Waals surface area (Å²) in [6.45, 7) is 8.01. The molecule has 0 spiro atoms. The fourth-order valence-electron chi connectivity index (χ4n) is 5.40. The van der Waals surface area contributed by atoms with Crippen molar-refractivity contribution in [2.45, 2.75) is 65.2 Å². The van der Waals surface area contributed by atoms with Crippen LogP contribution in [0.3, 0.4) is 0 Å². The molecule has 0 aliphatic heterocycles. The van der Waals surface area contributed by atoms with Crippen molar-refractivity contribution in [1.82, 2.24) is 31.5 Å². The molecule has 2 atom stereocenters. The SMILES string of the molecule is CCCN(CCNC)CC(=O)NCc1cccc(CNC(=O)C(CC(C)=O)NC(=O)C(Cc2ccc(-c3ccccc3)cc2)NC(C)=O)c1. The third-order valence-corrected chi connectivity index (χ3v) is 7.85. The van der Waals surface area contributed by atoms with E-state index in [0.717, 1.165) is 53.9 Å². The molecule has 5 N–H and O–H groups in total. The number of hydrogen-bond acceptors (Lipinski definition) is 7. The van der Waals surface area contributed by atoms with Gasteiger partial charge in [0.1, 0.15) is 17.9 Å². The smallest absolute Gasteiger partial charge is 0.243 e. The van der Waals surface area contributed by atoms with Crippen LogP contribution in [0.25, 0.3) is 11.1 Å². The summed E-state index contributed by atoms with van der Waals surface area (Å²) in [6.07, 6.45) is 0.956. The van der Waals surface area contributed by atoms with Crippen molar-refractivity contribution in [2.75, 3.05) is 33.2 Å². The number of Topliss-reactive ketones (excluding diaryl/α,β-unsaturated/α-hetero) is 1. The fraction of sp³-hybridized carbons (Fsp3) is 0.395. The van der Waals surface area contributed by atoms with E-state index in [9.17, 15) is 24.0 Å². The monoisotopic (exact) mass is 670 g/mol. The lowest BCUT2D eigenvalue weighted by Gasteiger charge is -2.22. The van der Waals surface area contributed by atoms with Crippen molar-refractivity contribution < 1.29 is 24.0 Å². The van der Waals surface area contributed by atoms with Crippen molar-refractivity contribution in [3.05, 3.63) is 95.6 Å². The molecular formula is C38H50N6O5. The molecule has 0 saturated carbocycles. The summed E-state index contributed by atoms with van der Waals surface area (Å²) in [7, 11) is 1.89. The molecular weight excluding hydrogens is 620 g/mol. The number of nitrogens with zero attached hydrogens (tertiary/aromatic N) is 1. The minimum absolute atomic E-state index is 0.0622. The van der Waals surface area contributed by atoms with Crippen LogP contribution in [-0.4, -0.2) is 79.6 Å². The Hall–Kier alpha value is -4.87. The van der Waals surface area contributed by atoms with Crippen molar-refractivity contribution >= 4 is 29.4 Å². The Labute approximate surface area is 289 Å². The highest BCUT2D eigenvalue weighted by atomic mass is 16.2. The number of rotatable bonds is 20. The van der Waals surface area contributed by atoms with Crippen LogP contribution in [0, 0.1) is 0 Å². The Bertz CT molecular complexity index is 1530. The Morgan fingerprint density at radius 1 is 0.694 bits per heavy atom. The Morgan fingerprint density at radius 3 is 1.96 bits per heavy atom. The molecule has 0 radical (unpaired) electrons. The second kappa shape index (κ2) is 20.5. The largest absolute Gasteiger partial charge is 0.351 e. The Kier molecular flexibility index (Phi) is 16.1. The van der Waals surface area contributed by atoms with E-state index in [-0.39, 0.29) is 31.1 Å². The summed E-state index contributed by atoms with van der Waals surface area (Å²) in [6, 6.07) is 23.0. The van der Waals surface area contributed by atoms with Crippen LogP contribution in [0.1, 0.15) is 50.3 Å². The molecule has 49 heavy (non-hydrogen) atoms. The van der Waals surface area contributed by atoms with Gasteiger partial charge in [0.15, 0.2) is 0 Å². The van der Waals surface area contributed by atoms with E-state index < -0.39 is 29.8 Å². The van der Waals surface area contributed by atoms with Gasteiger partial charge in [0.2, 0.25) is 23.6 Å². The molecule has 11 nitrogen and oxygen atoms in total. The minimum Gasteiger partial charge on any atom is -0.351 e. The van der Waals surface area contributed by atoms with E-state index in [2.05, 4.69) is 38.4 Å². The van der Waals surface area contributed by atoms with Crippen LogP contribution in [0.15, 0.2) is 78.9 Å². The average Bonchev–Trinajstić information content (AvgIpc) is 3.08. The van der Waals surface area contributed by atoms with Gasteiger partial charge in [0, 0.05) is 45.9 Å². The van der Waals surface area contributed by atoms with Gasteiger partial charge in [-0.15, -0.1) is 0 Å². The van der Waals surface area contributed by atoms with E-state index in [4.69, 9.17) is 0 Å². The molecule has 0 aliphatic rings. The number of nitrogens with one attached hydrogen (secondary N) is 5. The first-order valence-corrected chi connectivity index (χ1v) is 16.8. The van der Waals surface area contributed by atoms with Crippen LogP contribution in [0.4, 0.5) is 0 Å². The number of carbonyl (C=O) groups excluding carboxylic acids is 5. The lowest BCUT2D eigenvalue weighted by Crippen LogP contribution is -2.54. The molecule has 0 aromatic heterocycles. The van der Waals surface area contributed by atoms with E-state index >= 15 is 0 Å². The van der Waals surface area contributed by atoms with Crippen molar-refractivity contribution in [1.29, 1.82) is 0 Å². The van der Waals surface area contributed by atoms with E-state index in [1.54, 1.807) is 0 Å². The molecule has 4 amide bonds. The lowest BCUT2D eigenvalue weighted by atomic mass is 10.00. The first-order chi connectivity index (χ1) is 23.6. The van der Waals surface area contributed by atoms with Crippen LogP contribution in [0.5, 0.6) is 0 Å². The van der Waals surface area contributed by atoms with Gasteiger partial charge in [-0.05, 0) is 54.8 Å². The van der Waals surface area contributed by atoms with E-state index in [1.807, 2.05) is 85.9 Å². The highest BCUT2D eigenvalue weighted by Crippen LogP contribution is 2.20. The van der Waals surface area contributed by atoms with Gasteiger partial charge in [-0.1, -0.05) is 85.8 Å². The topological polar surface area (TPSA) is 149 Å². The minimum atomic E-state index is -1.13. The molecule has 3 rings (SSSR count). The van der Waals surface area contributed by atoms with Crippen LogP contribution < -0.4 is 26.6 Å². The summed E-state index contributed by atoms with van der Waals surface area (Å²) in [5, 5.41) is 14.3. The standard InChI is InChI=1S/C38H50N6O5/c1-5-19-44(20-18-39-4)26-36(47)40-24-30-10-9-11-31(22-30)25-41-37(48)34(21-27(2)45)43-38(49)35(42-28(3)46)23-29-14-16-33(17-15-29)32-12-7-6-8-13-32/h6-17,22,34-35,39H,5,18-21,23-26H2,1-4H3,(H,40,47)(H,41,48)(H,42,46)(H,43,49). The normalized spacial score (nSPS) is 12.1.